The molecular formula is C13H18FNO2. The molecule has 0 amide bonds. The Morgan fingerprint density at radius 1 is 1.53 bits per heavy atom. The minimum Gasteiger partial charge on any atom is -0.389 e. The molecule has 1 unspecified atom stereocenters. The first-order valence-corrected chi connectivity index (χ1v) is 5.87. The summed E-state index contributed by atoms with van der Waals surface area (Å²) in [5.74, 6) is -0.278. The van der Waals surface area contributed by atoms with E-state index in [0.29, 0.717) is 11.3 Å². The van der Waals surface area contributed by atoms with Crippen LogP contribution in [0.4, 0.5) is 10.1 Å². The van der Waals surface area contributed by atoms with Crippen LogP contribution in [-0.2, 0) is 4.74 Å². The maximum Gasteiger partial charge on any atom is 0.146 e. The SMILES string of the molecule is COC1CCN(c2ccc([C@@H](C)O)cc2F)C1. The number of halogens is 1. The predicted molar refractivity (Wildman–Crippen MR) is 64.7 cm³/mol. The van der Waals surface area contributed by atoms with Gasteiger partial charge in [-0.2, -0.15) is 0 Å². The molecule has 4 heteroatoms. The molecule has 94 valence electrons. The first-order chi connectivity index (χ1) is 8.11. The highest BCUT2D eigenvalue weighted by Crippen LogP contribution is 2.27. The summed E-state index contributed by atoms with van der Waals surface area (Å²) < 4.78 is 19.2. The molecule has 0 aliphatic carbocycles. The fourth-order valence-corrected chi connectivity index (χ4v) is 2.18. The van der Waals surface area contributed by atoms with Crippen molar-refractivity contribution in [1.82, 2.24) is 0 Å². The van der Waals surface area contributed by atoms with Crippen molar-refractivity contribution in [2.75, 3.05) is 25.1 Å². The van der Waals surface area contributed by atoms with Crippen LogP contribution in [-0.4, -0.2) is 31.4 Å². The second kappa shape index (κ2) is 5.02. The van der Waals surface area contributed by atoms with E-state index in [1.165, 1.54) is 6.07 Å². The molecule has 2 rings (SSSR count). The molecule has 1 aliphatic heterocycles. The average molecular weight is 239 g/mol. The van der Waals surface area contributed by atoms with Crippen LogP contribution in [0, 0.1) is 5.82 Å². The lowest BCUT2D eigenvalue weighted by molar-refractivity contribution is 0.121. The van der Waals surface area contributed by atoms with E-state index in [1.54, 1.807) is 26.2 Å². The van der Waals surface area contributed by atoms with Gasteiger partial charge >= 0.3 is 0 Å². The van der Waals surface area contributed by atoms with Crippen molar-refractivity contribution in [3.05, 3.63) is 29.6 Å². The number of rotatable bonds is 3. The maximum atomic E-state index is 13.9. The van der Waals surface area contributed by atoms with Gasteiger partial charge in [0.25, 0.3) is 0 Å². The molecule has 17 heavy (non-hydrogen) atoms. The summed E-state index contributed by atoms with van der Waals surface area (Å²) in [6.45, 7) is 3.16. The maximum absolute atomic E-state index is 13.9. The second-order valence-electron chi connectivity index (χ2n) is 4.48. The quantitative estimate of drug-likeness (QED) is 0.876. The van der Waals surface area contributed by atoms with Crippen LogP contribution in [0.15, 0.2) is 18.2 Å². The molecule has 2 atom stereocenters. The number of hydrogen-bond acceptors (Lipinski definition) is 3. The van der Waals surface area contributed by atoms with E-state index in [1.807, 2.05) is 4.90 Å². The number of ether oxygens (including phenoxy) is 1. The molecule has 0 saturated carbocycles. The number of methoxy groups -OCH3 is 1. The number of anilines is 1. The van der Waals surface area contributed by atoms with Gasteiger partial charge in [-0.25, -0.2) is 4.39 Å². The highest BCUT2D eigenvalue weighted by molar-refractivity contribution is 5.50. The van der Waals surface area contributed by atoms with Crippen LogP contribution in [0.25, 0.3) is 0 Å². The molecule has 1 aliphatic rings. The van der Waals surface area contributed by atoms with Crippen molar-refractivity contribution in [2.45, 2.75) is 25.6 Å². The Balaban J connectivity index is 2.17. The van der Waals surface area contributed by atoms with Gasteiger partial charge in [0.2, 0.25) is 0 Å². The molecule has 3 nitrogen and oxygen atoms in total. The summed E-state index contributed by atoms with van der Waals surface area (Å²) in [7, 11) is 1.68. The van der Waals surface area contributed by atoms with Crippen LogP contribution in [0.5, 0.6) is 0 Å². The lowest BCUT2D eigenvalue weighted by Crippen LogP contribution is -2.23. The summed E-state index contributed by atoms with van der Waals surface area (Å²) in [6.07, 6.45) is 0.475. The Morgan fingerprint density at radius 3 is 2.82 bits per heavy atom. The molecule has 1 N–H and O–H groups in total. The molecule has 0 radical (unpaired) electrons. The van der Waals surface area contributed by atoms with Gasteiger partial charge in [-0.05, 0) is 31.0 Å². The summed E-state index contributed by atoms with van der Waals surface area (Å²) in [4.78, 5) is 1.98. The Kier molecular flexibility index (Phi) is 3.64. The fraction of sp³-hybridized carbons (Fsp3) is 0.538. The largest absolute Gasteiger partial charge is 0.389 e. The van der Waals surface area contributed by atoms with Crippen molar-refractivity contribution in [2.24, 2.45) is 0 Å². The number of hydrogen-bond donors (Lipinski definition) is 1. The van der Waals surface area contributed by atoms with Crippen LogP contribution >= 0.6 is 0 Å². The monoisotopic (exact) mass is 239 g/mol. The van der Waals surface area contributed by atoms with Crippen molar-refractivity contribution in [1.29, 1.82) is 0 Å². The topological polar surface area (TPSA) is 32.7 Å². The standard InChI is InChI=1S/C13H18FNO2/c1-9(16)10-3-4-13(12(14)7-10)15-6-5-11(8-15)17-2/h3-4,7,9,11,16H,5-6,8H2,1-2H3/t9-,11?/m1/s1. The highest BCUT2D eigenvalue weighted by Gasteiger charge is 2.24. The van der Waals surface area contributed by atoms with Gasteiger partial charge in [-0.1, -0.05) is 6.07 Å². The third-order valence-corrected chi connectivity index (χ3v) is 3.27. The van der Waals surface area contributed by atoms with Gasteiger partial charge in [-0.15, -0.1) is 0 Å². The zero-order chi connectivity index (χ0) is 12.4. The van der Waals surface area contributed by atoms with Crippen LogP contribution in [0.2, 0.25) is 0 Å². The summed E-state index contributed by atoms with van der Waals surface area (Å²) >= 11 is 0. The number of aliphatic hydroxyl groups is 1. The van der Waals surface area contributed by atoms with E-state index in [-0.39, 0.29) is 11.9 Å². The van der Waals surface area contributed by atoms with E-state index in [4.69, 9.17) is 4.74 Å². The van der Waals surface area contributed by atoms with Gasteiger partial charge in [0.15, 0.2) is 0 Å². The molecule has 1 aromatic rings. The molecule has 1 aromatic carbocycles. The number of nitrogens with zero attached hydrogens (tertiary/aromatic N) is 1. The van der Waals surface area contributed by atoms with E-state index in [0.717, 1.165) is 19.5 Å². The first-order valence-electron chi connectivity index (χ1n) is 5.87. The predicted octanol–water partition coefficient (Wildman–Crippen LogP) is 2.10. The minimum absolute atomic E-state index is 0.186. The van der Waals surface area contributed by atoms with Crippen LogP contribution in [0.1, 0.15) is 25.0 Å². The van der Waals surface area contributed by atoms with E-state index in [9.17, 15) is 9.50 Å². The van der Waals surface area contributed by atoms with E-state index < -0.39 is 6.10 Å². The van der Waals surface area contributed by atoms with Crippen molar-refractivity contribution in [3.63, 3.8) is 0 Å². The lowest BCUT2D eigenvalue weighted by Gasteiger charge is -2.20. The molecule has 1 heterocycles. The Labute approximate surface area is 101 Å². The third kappa shape index (κ3) is 2.58. The zero-order valence-corrected chi connectivity index (χ0v) is 10.2. The normalized spacial score (nSPS) is 21.9. The average Bonchev–Trinajstić information content (AvgIpc) is 2.77. The molecule has 1 fully saturated rings. The summed E-state index contributed by atoms with van der Waals surface area (Å²) in [5, 5.41) is 9.38. The van der Waals surface area contributed by atoms with Gasteiger partial charge < -0.3 is 14.7 Å². The zero-order valence-electron chi connectivity index (χ0n) is 10.2. The van der Waals surface area contributed by atoms with Crippen molar-refractivity contribution in [3.8, 4) is 0 Å². The van der Waals surface area contributed by atoms with Gasteiger partial charge in [0.1, 0.15) is 5.82 Å². The van der Waals surface area contributed by atoms with Gasteiger partial charge in [0.05, 0.1) is 17.9 Å². The summed E-state index contributed by atoms with van der Waals surface area (Å²) in [6, 6.07) is 4.90. The number of benzene rings is 1. The van der Waals surface area contributed by atoms with E-state index in [2.05, 4.69) is 0 Å². The van der Waals surface area contributed by atoms with E-state index >= 15 is 0 Å². The Hall–Kier alpha value is -1.13. The van der Waals surface area contributed by atoms with Crippen LogP contribution < -0.4 is 4.90 Å². The summed E-state index contributed by atoms with van der Waals surface area (Å²) in [5.41, 5.74) is 1.20. The number of aliphatic hydroxyl groups excluding tert-OH is 1. The minimum atomic E-state index is -0.635. The first kappa shape index (κ1) is 12.3. The van der Waals surface area contributed by atoms with Gasteiger partial charge in [-0.3, -0.25) is 0 Å². The van der Waals surface area contributed by atoms with Crippen molar-refractivity contribution >= 4 is 5.69 Å². The van der Waals surface area contributed by atoms with Crippen LogP contribution in [0.3, 0.4) is 0 Å². The van der Waals surface area contributed by atoms with Crippen molar-refractivity contribution < 1.29 is 14.2 Å². The molecule has 0 aromatic heterocycles. The smallest absolute Gasteiger partial charge is 0.146 e. The highest BCUT2D eigenvalue weighted by atomic mass is 19.1. The molecule has 0 spiro atoms. The Bertz CT molecular complexity index is 395. The second-order valence-corrected chi connectivity index (χ2v) is 4.48. The van der Waals surface area contributed by atoms with Gasteiger partial charge in [0, 0.05) is 20.2 Å². The Morgan fingerprint density at radius 2 is 2.29 bits per heavy atom. The lowest BCUT2D eigenvalue weighted by atomic mass is 10.1. The fourth-order valence-electron chi connectivity index (χ4n) is 2.18. The third-order valence-electron chi connectivity index (χ3n) is 3.27. The molecule has 0 bridgehead atoms. The molecule has 1 saturated heterocycles. The molecular weight excluding hydrogens is 221 g/mol.